The van der Waals surface area contributed by atoms with Crippen molar-refractivity contribution < 1.29 is 0 Å². The van der Waals surface area contributed by atoms with E-state index in [0.717, 1.165) is 50.5 Å². The smallest absolute Gasteiger partial charge is 0.137 e. The molecule has 4 nitrogen and oxygen atoms in total. The second-order valence-corrected chi connectivity index (χ2v) is 11.2. The number of piperazine rings is 1. The van der Waals surface area contributed by atoms with E-state index in [-0.39, 0.29) is 37.2 Å². The molecule has 1 fully saturated rings. The Morgan fingerprint density at radius 1 is 0.762 bits per heavy atom. The van der Waals surface area contributed by atoms with E-state index in [9.17, 15) is 0 Å². The lowest BCUT2D eigenvalue weighted by atomic mass is 9.87. The quantitative estimate of drug-likeness (QED) is 0.180. The number of imidazole rings is 1. The predicted octanol–water partition coefficient (Wildman–Crippen LogP) is 8.97. The third-order valence-electron chi connectivity index (χ3n) is 8.60. The number of nitrogens with one attached hydrogen (secondary N) is 1. The molecule has 2 heterocycles. The highest BCUT2D eigenvalue weighted by Crippen LogP contribution is 2.34. The van der Waals surface area contributed by atoms with Crippen molar-refractivity contribution >= 4 is 37.2 Å². The Kier molecular flexibility index (Phi) is 15.1. The Bertz CT molecular complexity index is 1240. The number of aryl methyl sites for hydroxylation is 1. The van der Waals surface area contributed by atoms with Crippen LogP contribution in [0.4, 0.5) is 0 Å². The number of aromatic nitrogens is 2. The second-order valence-electron chi connectivity index (χ2n) is 11.2. The van der Waals surface area contributed by atoms with Crippen molar-refractivity contribution in [3.63, 3.8) is 0 Å². The van der Waals surface area contributed by atoms with Crippen molar-refractivity contribution in [2.75, 3.05) is 32.7 Å². The number of rotatable bonds is 11. The largest absolute Gasteiger partial charge is 0.342 e. The molecule has 3 aromatic carbocycles. The molecule has 5 rings (SSSR count). The molecule has 1 aromatic heterocycles. The van der Waals surface area contributed by atoms with Gasteiger partial charge in [-0.1, -0.05) is 111 Å². The van der Waals surface area contributed by atoms with Crippen molar-refractivity contribution in [1.29, 1.82) is 0 Å². The van der Waals surface area contributed by atoms with Gasteiger partial charge >= 0.3 is 0 Å². The Morgan fingerprint density at radius 3 is 1.81 bits per heavy atom. The van der Waals surface area contributed by atoms with E-state index >= 15 is 0 Å². The summed E-state index contributed by atoms with van der Waals surface area (Å²) >= 11 is 0. The molecule has 2 atom stereocenters. The topological polar surface area (TPSA) is 35.2 Å². The molecule has 1 N–H and O–H groups in total. The summed E-state index contributed by atoms with van der Waals surface area (Å²) in [5, 5.41) is 0. The molecule has 7 heteroatoms. The Hall–Kier alpha value is -2.34. The molecule has 0 spiro atoms. The lowest BCUT2D eigenvalue weighted by molar-refractivity contribution is 0.0683. The highest BCUT2D eigenvalue weighted by Gasteiger charge is 2.31. The van der Waals surface area contributed by atoms with Gasteiger partial charge in [-0.3, -0.25) is 4.90 Å². The number of hydrogen-bond acceptors (Lipinski definition) is 3. The number of benzene rings is 3. The van der Waals surface area contributed by atoms with Crippen LogP contribution in [0.1, 0.15) is 67.6 Å². The van der Waals surface area contributed by atoms with Gasteiger partial charge in [0.25, 0.3) is 0 Å². The molecule has 0 saturated carbocycles. The molecule has 42 heavy (non-hydrogen) atoms. The molecular formula is C35H47Cl3N4. The SMILES string of the molecule is CCC(C)C(c1nc(-c2ccccc2)[nH]c1C)N1CCN(CCCC(c2ccccc2)c2ccccc2)CC1.Cl.Cl.Cl. The van der Waals surface area contributed by atoms with E-state index in [0.29, 0.717) is 17.9 Å². The molecule has 2 unspecified atom stereocenters. The first kappa shape index (κ1) is 35.9. The van der Waals surface area contributed by atoms with Crippen LogP contribution < -0.4 is 0 Å². The minimum absolute atomic E-state index is 0. The summed E-state index contributed by atoms with van der Waals surface area (Å²) in [7, 11) is 0. The van der Waals surface area contributed by atoms with Crippen LogP contribution in [0, 0.1) is 12.8 Å². The van der Waals surface area contributed by atoms with Crippen LogP contribution in [0.15, 0.2) is 91.0 Å². The molecule has 228 valence electrons. The maximum Gasteiger partial charge on any atom is 0.137 e. The number of aromatic amines is 1. The molecular weight excluding hydrogens is 583 g/mol. The van der Waals surface area contributed by atoms with Gasteiger partial charge < -0.3 is 9.88 Å². The van der Waals surface area contributed by atoms with E-state index < -0.39 is 0 Å². The second kappa shape index (κ2) is 17.7. The van der Waals surface area contributed by atoms with Crippen molar-refractivity contribution in [1.82, 2.24) is 19.8 Å². The van der Waals surface area contributed by atoms with Gasteiger partial charge in [0.2, 0.25) is 0 Å². The fraction of sp³-hybridized carbons (Fsp3) is 0.400. The van der Waals surface area contributed by atoms with Crippen LogP contribution in [-0.2, 0) is 0 Å². The van der Waals surface area contributed by atoms with Crippen LogP contribution in [0.2, 0.25) is 0 Å². The number of H-pyrrole nitrogens is 1. The van der Waals surface area contributed by atoms with Crippen LogP contribution in [0.25, 0.3) is 11.4 Å². The minimum Gasteiger partial charge on any atom is -0.342 e. The summed E-state index contributed by atoms with van der Waals surface area (Å²) in [6.07, 6.45) is 3.54. The molecule has 0 amide bonds. The van der Waals surface area contributed by atoms with Crippen LogP contribution in [0.3, 0.4) is 0 Å². The first-order chi connectivity index (χ1) is 19.1. The molecule has 0 radical (unpaired) electrons. The van der Waals surface area contributed by atoms with Crippen LogP contribution >= 0.6 is 37.2 Å². The summed E-state index contributed by atoms with van der Waals surface area (Å²) in [5.41, 5.74) is 6.44. The van der Waals surface area contributed by atoms with E-state index in [1.54, 1.807) is 0 Å². The van der Waals surface area contributed by atoms with Gasteiger partial charge in [0, 0.05) is 43.4 Å². The normalized spacial score (nSPS) is 15.2. The number of hydrogen-bond donors (Lipinski definition) is 1. The average Bonchev–Trinajstić information content (AvgIpc) is 3.38. The Balaban J connectivity index is 0.00000205. The maximum atomic E-state index is 5.16. The first-order valence-electron chi connectivity index (χ1n) is 14.8. The van der Waals surface area contributed by atoms with Crippen LogP contribution in [0.5, 0.6) is 0 Å². The highest BCUT2D eigenvalue weighted by atomic mass is 35.5. The molecule has 0 bridgehead atoms. The highest BCUT2D eigenvalue weighted by molar-refractivity contribution is 5.86. The fourth-order valence-electron chi connectivity index (χ4n) is 6.20. The third-order valence-corrected chi connectivity index (χ3v) is 8.60. The summed E-state index contributed by atoms with van der Waals surface area (Å²) in [5.74, 6) is 2.01. The van der Waals surface area contributed by atoms with Gasteiger partial charge in [-0.2, -0.15) is 0 Å². The zero-order valence-electron chi connectivity index (χ0n) is 25.1. The Labute approximate surface area is 271 Å². The van der Waals surface area contributed by atoms with Crippen molar-refractivity contribution in [2.45, 2.75) is 52.0 Å². The summed E-state index contributed by atoms with van der Waals surface area (Å²) in [6.45, 7) is 12.5. The average molecular weight is 630 g/mol. The van der Waals surface area contributed by atoms with E-state index in [1.807, 2.05) is 0 Å². The molecule has 0 aliphatic carbocycles. The van der Waals surface area contributed by atoms with E-state index in [4.69, 9.17) is 4.98 Å². The zero-order valence-corrected chi connectivity index (χ0v) is 27.6. The lowest BCUT2D eigenvalue weighted by Gasteiger charge is -2.41. The van der Waals surface area contributed by atoms with Gasteiger partial charge in [-0.05, 0) is 43.4 Å². The molecule has 1 saturated heterocycles. The van der Waals surface area contributed by atoms with Gasteiger partial charge in [0.15, 0.2) is 0 Å². The standard InChI is InChI=1S/C35H44N4.3ClH/c1-4-27(2)34(33-28(3)36-35(37-33)31-19-12-7-13-20-31)39-25-23-38(24-26-39)22-14-21-32(29-15-8-5-9-16-29)30-17-10-6-11-18-30;;;/h5-13,15-20,27,32,34H,4,14,21-26H2,1-3H3,(H,36,37);3*1H. The van der Waals surface area contributed by atoms with Gasteiger partial charge in [-0.15, -0.1) is 37.2 Å². The molecule has 1 aliphatic rings. The molecule has 1 aliphatic heterocycles. The molecule has 4 aromatic rings. The summed E-state index contributed by atoms with van der Waals surface area (Å²) in [6, 6.07) is 32.9. The van der Waals surface area contributed by atoms with Gasteiger partial charge in [0.1, 0.15) is 5.82 Å². The third kappa shape index (κ3) is 8.84. The first-order valence-corrected chi connectivity index (χ1v) is 14.8. The van der Waals surface area contributed by atoms with Crippen LogP contribution in [-0.4, -0.2) is 52.5 Å². The van der Waals surface area contributed by atoms with Crippen molar-refractivity contribution in [2.24, 2.45) is 5.92 Å². The minimum atomic E-state index is 0. The lowest BCUT2D eigenvalue weighted by Crippen LogP contribution is -2.49. The fourth-order valence-corrected chi connectivity index (χ4v) is 6.20. The van der Waals surface area contributed by atoms with E-state index in [1.165, 1.54) is 35.4 Å². The summed E-state index contributed by atoms with van der Waals surface area (Å²) in [4.78, 5) is 14.1. The van der Waals surface area contributed by atoms with E-state index in [2.05, 4.69) is 127 Å². The monoisotopic (exact) mass is 628 g/mol. The zero-order chi connectivity index (χ0) is 27.0. The van der Waals surface area contributed by atoms with Gasteiger partial charge in [0.05, 0.1) is 11.7 Å². The maximum absolute atomic E-state index is 5.16. The van der Waals surface area contributed by atoms with Crippen molar-refractivity contribution in [3.05, 3.63) is 114 Å². The number of halogens is 3. The summed E-state index contributed by atoms with van der Waals surface area (Å²) < 4.78 is 0. The Morgan fingerprint density at radius 2 is 1.29 bits per heavy atom. The van der Waals surface area contributed by atoms with Gasteiger partial charge in [-0.25, -0.2) is 4.98 Å². The predicted molar refractivity (Wildman–Crippen MR) is 185 cm³/mol. The number of nitrogens with zero attached hydrogens (tertiary/aromatic N) is 3. The van der Waals surface area contributed by atoms with Crippen molar-refractivity contribution in [3.8, 4) is 11.4 Å².